The molecule has 2 N–H and O–H groups in total. The molecule has 0 radical (unpaired) electrons. The van der Waals surface area contributed by atoms with Crippen molar-refractivity contribution in [1.82, 2.24) is 10.4 Å². The minimum atomic E-state index is -0.200. The van der Waals surface area contributed by atoms with Gasteiger partial charge in [0.2, 0.25) is 0 Å². The average molecular weight is 288 g/mol. The number of hydrogen-bond acceptors (Lipinski definition) is 5. The van der Waals surface area contributed by atoms with Crippen LogP contribution in [-0.2, 0) is 4.79 Å². The molecule has 104 valence electrons. The van der Waals surface area contributed by atoms with Gasteiger partial charge in [0.25, 0.3) is 5.91 Å². The Morgan fingerprint density at radius 3 is 2.75 bits per heavy atom. The normalized spacial score (nSPS) is 10.7. The van der Waals surface area contributed by atoms with Crippen molar-refractivity contribution in [2.75, 3.05) is 11.9 Å². The Morgan fingerprint density at radius 2 is 2.10 bits per heavy atom. The van der Waals surface area contributed by atoms with Crippen LogP contribution in [-0.4, -0.2) is 23.7 Å². The minimum absolute atomic E-state index is 0.177. The molecule has 0 saturated heterocycles. The summed E-state index contributed by atoms with van der Waals surface area (Å²) in [6.07, 6.45) is 1.53. The number of anilines is 1. The highest BCUT2D eigenvalue weighted by atomic mass is 32.1. The lowest BCUT2D eigenvalue weighted by atomic mass is 10.2. The van der Waals surface area contributed by atoms with Gasteiger partial charge in [-0.2, -0.15) is 5.10 Å². The van der Waals surface area contributed by atoms with Gasteiger partial charge < -0.3 is 5.32 Å². The predicted molar refractivity (Wildman–Crippen MR) is 82.3 cm³/mol. The zero-order valence-corrected chi connectivity index (χ0v) is 12.2. The smallest absolute Gasteiger partial charge is 0.259 e. The molecule has 0 bridgehead atoms. The Kier molecular flexibility index (Phi) is 4.84. The summed E-state index contributed by atoms with van der Waals surface area (Å²) in [6.45, 7) is 4.12. The number of nitrogens with one attached hydrogen (secondary N) is 2. The van der Waals surface area contributed by atoms with E-state index in [-0.39, 0.29) is 12.5 Å². The highest BCUT2D eigenvalue weighted by molar-refractivity contribution is 7.09. The van der Waals surface area contributed by atoms with Crippen LogP contribution in [0.15, 0.2) is 34.7 Å². The van der Waals surface area contributed by atoms with Crippen molar-refractivity contribution in [1.29, 1.82) is 0 Å². The maximum atomic E-state index is 11.6. The van der Waals surface area contributed by atoms with Crippen molar-refractivity contribution in [2.45, 2.75) is 13.8 Å². The maximum absolute atomic E-state index is 11.6. The van der Waals surface area contributed by atoms with E-state index in [1.54, 1.807) is 11.3 Å². The number of thiazole rings is 1. The zero-order valence-electron chi connectivity index (χ0n) is 11.4. The lowest BCUT2D eigenvalue weighted by Crippen LogP contribution is -2.25. The van der Waals surface area contributed by atoms with Crippen molar-refractivity contribution in [3.8, 4) is 0 Å². The number of hydrazone groups is 1. The average Bonchev–Trinajstić information content (AvgIpc) is 2.84. The third-order valence-electron chi connectivity index (χ3n) is 2.53. The van der Waals surface area contributed by atoms with Crippen LogP contribution in [0.1, 0.15) is 16.3 Å². The van der Waals surface area contributed by atoms with Crippen LogP contribution < -0.4 is 10.7 Å². The van der Waals surface area contributed by atoms with Gasteiger partial charge in [-0.1, -0.05) is 17.7 Å². The number of aromatic nitrogens is 1. The molecular formula is C14H16N4OS. The summed E-state index contributed by atoms with van der Waals surface area (Å²) < 4.78 is 0. The third kappa shape index (κ3) is 4.47. The van der Waals surface area contributed by atoms with Gasteiger partial charge in [-0.05, 0) is 26.0 Å². The molecule has 0 aliphatic heterocycles. The number of carbonyl (C=O) groups excluding carboxylic acids is 1. The molecule has 1 heterocycles. The Hall–Kier alpha value is -2.21. The topological polar surface area (TPSA) is 66.4 Å². The monoisotopic (exact) mass is 288 g/mol. The number of rotatable bonds is 5. The van der Waals surface area contributed by atoms with Gasteiger partial charge in [-0.15, -0.1) is 11.3 Å². The molecule has 0 fully saturated rings. The van der Waals surface area contributed by atoms with E-state index in [9.17, 15) is 4.79 Å². The molecule has 1 aromatic carbocycles. The summed E-state index contributed by atoms with van der Waals surface area (Å²) in [5.41, 5.74) is 5.29. The van der Waals surface area contributed by atoms with Crippen molar-refractivity contribution >= 4 is 29.1 Å². The highest BCUT2D eigenvalue weighted by Crippen LogP contribution is 2.07. The molecule has 0 unspecified atom stereocenters. The molecule has 1 amide bonds. The van der Waals surface area contributed by atoms with Gasteiger partial charge >= 0.3 is 0 Å². The fourth-order valence-corrected chi connectivity index (χ4v) is 2.07. The summed E-state index contributed by atoms with van der Waals surface area (Å²) in [4.78, 5) is 15.8. The van der Waals surface area contributed by atoms with Crippen molar-refractivity contribution in [3.63, 3.8) is 0 Å². The van der Waals surface area contributed by atoms with E-state index in [4.69, 9.17) is 0 Å². The fraction of sp³-hybridized carbons (Fsp3) is 0.214. The molecule has 20 heavy (non-hydrogen) atoms. The second-order valence-corrected chi connectivity index (χ2v) is 5.37. The molecule has 0 saturated carbocycles. The molecule has 0 spiro atoms. The molecule has 2 aromatic rings. The summed E-state index contributed by atoms with van der Waals surface area (Å²) in [5.74, 6) is -0.200. The fourth-order valence-electron chi connectivity index (χ4n) is 1.50. The number of aryl methyl sites for hydroxylation is 2. The van der Waals surface area contributed by atoms with E-state index >= 15 is 0 Å². The second-order valence-electron chi connectivity index (χ2n) is 4.30. The van der Waals surface area contributed by atoms with E-state index in [1.165, 1.54) is 11.8 Å². The maximum Gasteiger partial charge on any atom is 0.259 e. The summed E-state index contributed by atoms with van der Waals surface area (Å²) in [6, 6.07) is 7.85. The molecule has 1 aromatic heterocycles. The minimum Gasteiger partial charge on any atom is -0.376 e. The van der Waals surface area contributed by atoms with E-state index in [0.29, 0.717) is 0 Å². The highest BCUT2D eigenvalue weighted by Gasteiger charge is 1.99. The Bertz CT molecular complexity index is 604. The van der Waals surface area contributed by atoms with Gasteiger partial charge in [-0.25, -0.2) is 10.4 Å². The molecule has 5 nitrogen and oxygen atoms in total. The van der Waals surface area contributed by atoms with E-state index in [2.05, 4.69) is 20.8 Å². The Balaban J connectivity index is 1.75. The number of hydrogen-bond donors (Lipinski definition) is 2. The van der Waals surface area contributed by atoms with E-state index in [1.807, 2.05) is 43.5 Å². The quantitative estimate of drug-likeness (QED) is 0.655. The number of carbonyl (C=O) groups is 1. The molecule has 0 atom stereocenters. The standard InChI is InChI=1S/C14H16N4OS/c1-10-3-5-12(6-4-10)15-8-14(19)18-16-7-13-9-20-11(2)17-13/h3-7,9,15H,8H2,1-2H3,(H,18,19)/b16-7-. The summed E-state index contributed by atoms with van der Waals surface area (Å²) in [7, 11) is 0. The number of amides is 1. The summed E-state index contributed by atoms with van der Waals surface area (Å²) in [5, 5.41) is 9.74. The van der Waals surface area contributed by atoms with Crippen molar-refractivity contribution < 1.29 is 4.79 Å². The first-order valence-corrected chi connectivity index (χ1v) is 7.06. The largest absolute Gasteiger partial charge is 0.376 e. The van der Waals surface area contributed by atoms with Crippen molar-refractivity contribution in [2.24, 2.45) is 5.10 Å². The van der Waals surface area contributed by atoms with Crippen LogP contribution in [0.25, 0.3) is 0 Å². The van der Waals surface area contributed by atoms with Gasteiger partial charge in [0, 0.05) is 11.1 Å². The molecule has 0 aliphatic rings. The predicted octanol–water partition coefficient (Wildman–Crippen LogP) is 2.32. The van der Waals surface area contributed by atoms with Crippen LogP contribution in [0.3, 0.4) is 0 Å². The van der Waals surface area contributed by atoms with Crippen LogP contribution in [0.5, 0.6) is 0 Å². The third-order valence-corrected chi connectivity index (χ3v) is 3.32. The molecule has 6 heteroatoms. The first-order chi connectivity index (χ1) is 9.63. The summed E-state index contributed by atoms with van der Waals surface area (Å²) >= 11 is 1.54. The van der Waals surface area contributed by atoms with Gasteiger partial charge in [0.1, 0.15) is 0 Å². The zero-order chi connectivity index (χ0) is 14.4. The number of benzene rings is 1. The Labute approximate surface area is 121 Å². The van der Waals surface area contributed by atoms with Gasteiger partial charge in [0.15, 0.2) is 0 Å². The van der Waals surface area contributed by atoms with Gasteiger partial charge in [-0.3, -0.25) is 4.79 Å². The molecule has 2 rings (SSSR count). The van der Waals surface area contributed by atoms with Crippen LogP contribution >= 0.6 is 11.3 Å². The van der Waals surface area contributed by atoms with Crippen LogP contribution in [0, 0.1) is 13.8 Å². The van der Waals surface area contributed by atoms with Crippen LogP contribution in [0.2, 0.25) is 0 Å². The second kappa shape index (κ2) is 6.81. The lowest BCUT2D eigenvalue weighted by molar-refractivity contribution is -0.119. The van der Waals surface area contributed by atoms with Crippen LogP contribution in [0.4, 0.5) is 5.69 Å². The van der Waals surface area contributed by atoms with E-state index < -0.39 is 0 Å². The van der Waals surface area contributed by atoms with E-state index in [0.717, 1.165) is 16.4 Å². The van der Waals surface area contributed by atoms with Gasteiger partial charge in [0.05, 0.1) is 23.5 Å². The number of nitrogens with zero attached hydrogens (tertiary/aromatic N) is 2. The van der Waals surface area contributed by atoms with Crippen molar-refractivity contribution in [3.05, 3.63) is 45.9 Å². The first kappa shape index (κ1) is 14.2. The lowest BCUT2D eigenvalue weighted by Gasteiger charge is -2.05. The Morgan fingerprint density at radius 1 is 1.35 bits per heavy atom. The first-order valence-electron chi connectivity index (χ1n) is 6.18. The SMILES string of the molecule is Cc1ccc(NCC(=O)N/N=C\c2csc(C)n2)cc1. The molecular weight excluding hydrogens is 272 g/mol. The molecule has 0 aliphatic carbocycles.